The molecule has 1 aliphatic heterocycles. The molecule has 2 fully saturated rings. The molecule has 9 heteroatoms. The number of nitrogens with zero attached hydrogens (tertiary/aromatic N) is 3. The van der Waals surface area contributed by atoms with Gasteiger partial charge in [0.2, 0.25) is 11.8 Å². The van der Waals surface area contributed by atoms with Gasteiger partial charge in [-0.15, -0.1) is 0 Å². The summed E-state index contributed by atoms with van der Waals surface area (Å²) in [5.74, 6) is 0.859. The smallest absolute Gasteiger partial charge is 0.246 e. The predicted molar refractivity (Wildman–Crippen MR) is 137 cm³/mol. The van der Waals surface area contributed by atoms with Crippen LogP contribution in [0.25, 0.3) is 0 Å². The number of carbonyl (C=O) groups is 2. The summed E-state index contributed by atoms with van der Waals surface area (Å²) in [4.78, 5) is 37.8. The second kappa shape index (κ2) is 11.8. The Morgan fingerprint density at radius 2 is 1.78 bits per heavy atom. The zero-order valence-electron chi connectivity index (χ0n) is 21.4. The van der Waals surface area contributed by atoms with E-state index in [4.69, 9.17) is 0 Å². The topological polar surface area (TPSA) is 99.2 Å². The minimum atomic E-state index is -0.533. The number of benzene rings is 1. The molecular weight excluding hydrogens is 459 g/mol. The predicted octanol–water partition coefficient (Wildman–Crippen LogP) is 4.00. The Balaban J connectivity index is 1.56. The molecule has 1 aliphatic carbocycles. The van der Waals surface area contributed by atoms with Crippen molar-refractivity contribution in [1.82, 2.24) is 25.5 Å². The first-order valence-corrected chi connectivity index (χ1v) is 13.0. The van der Waals surface area contributed by atoms with Gasteiger partial charge in [0.05, 0.1) is 17.8 Å². The van der Waals surface area contributed by atoms with Gasteiger partial charge < -0.3 is 20.9 Å². The molecule has 0 spiro atoms. The average molecular weight is 497 g/mol. The van der Waals surface area contributed by atoms with Crippen molar-refractivity contribution >= 4 is 23.3 Å². The number of hydrogen-bond donors (Lipinski definition) is 3. The van der Waals surface area contributed by atoms with E-state index in [0.717, 1.165) is 49.9 Å². The van der Waals surface area contributed by atoms with Crippen molar-refractivity contribution in [3.05, 3.63) is 47.7 Å². The number of halogens is 1. The Morgan fingerprint density at radius 1 is 1.06 bits per heavy atom. The number of aryl methyl sites for hydroxylation is 1. The summed E-state index contributed by atoms with van der Waals surface area (Å²) in [6.07, 6.45) is 6.91. The molecule has 2 amide bonds. The highest BCUT2D eigenvalue weighted by atomic mass is 19.1. The summed E-state index contributed by atoms with van der Waals surface area (Å²) in [5, 5.41) is 9.26. The minimum Gasteiger partial charge on any atom is -0.343 e. The van der Waals surface area contributed by atoms with Gasteiger partial charge in [-0.1, -0.05) is 19.3 Å². The van der Waals surface area contributed by atoms with Gasteiger partial charge in [-0.3, -0.25) is 9.59 Å². The van der Waals surface area contributed by atoms with E-state index in [1.54, 1.807) is 26.1 Å². The van der Waals surface area contributed by atoms with E-state index >= 15 is 0 Å². The Kier molecular flexibility index (Phi) is 8.51. The Labute approximate surface area is 212 Å². The Morgan fingerprint density at radius 3 is 2.47 bits per heavy atom. The molecule has 1 aromatic heterocycles. The van der Waals surface area contributed by atoms with Crippen LogP contribution in [-0.2, 0) is 9.59 Å². The van der Waals surface area contributed by atoms with Crippen LogP contribution in [0, 0.1) is 18.7 Å². The van der Waals surface area contributed by atoms with Gasteiger partial charge in [0, 0.05) is 18.3 Å². The monoisotopic (exact) mass is 496 g/mol. The summed E-state index contributed by atoms with van der Waals surface area (Å²) in [7, 11) is 1.74. The van der Waals surface area contributed by atoms with Crippen LogP contribution in [-0.4, -0.2) is 52.4 Å². The van der Waals surface area contributed by atoms with Crippen LogP contribution >= 0.6 is 0 Å². The van der Waals surface area contributed by atoms with Crippen LogP contribution in [0.1, 0.15) is 69.4 Å². The lowest BCUT2D eigenvalue weighted by Crippen LogP contribution is -2.55. The fraction of sp³-hybridized carbons (Fsp3) is 0.556. The lowest BCUT2D eigenvalue weighted by Gasteiger charge is -2.35. The Bertz CT molecular complexity index is 1060. The summed E-state index contributed by atoms with van der Waals surface area (Å²) in [6.45, 7) is 4.26. The van der Waals surface area contributed by atoms with E-state index in [2.05, 4.69) is 25.9 Å². The fourth-order valence-corrected chi connectivity index (χ4v) is 5.28. The highest BCUT2D eigenvalue weighted by molar-refractivity contribution is 5.90. The molecule has 1 aromatic carbocycles. The van der Waals surface area contributed by atoms with Gasteiger partial charge >= 0.3 is 0 Å². The number of likely N-dealkylation sites (tertiary alicyclic amines) is 1. The van der Waals surface area contributed by atoms with E-state index in [9.17, 15) is 14.0 Å². The molecule has 1 saturated heterocycles. The number of aromatic nitrogens is 2. The number of anilines is 2. The van der Waals surface area contributed by atoms with Crippen molar-refractivity contribution in [3.8, 4) is 0 Å². The molecule has 1 saturated carbocycles. The van der Waals surface area contributed by atoms with Crippen LogP contribution in [0.3, 0.4) is 0 Å². The van der Waals surface area contributed by atoms with Crippen molar-refractivity contribution in [2.45, 2.75) is 76.9 Å². The minimum absolute atomic E-state index is 0.0228. The maximum atomic E-state index is 14.0. The van der Waals surface area contributed by atoms with Crippen molar-refractivity contribution in [2.24, 2.45) is 5.92 Å². The fourth-order valence-electron chi connectivity index (χ4n) is 5.28. The number of carbonyl (C=O) groups excluding carboxylic acids is 2. The summed E-state index contributed by atoms with van der Waals surface area (Å²) < 4.78 is 13.3. The first-order valence-electron chi connectivity index (χ1n) is 13.0. The average Bonchev–Trinajstić information content (AvgIpc) is 3.38. The van der Waals surface area contributed by atoms with Gasteiger partial charge in [0.25, 0.3) is 0 Å². The molecule has 8 nitrogen and oxygen atoms in total. The second-order valence-corrected chi connectivity index (χ2v) is 9.94. The highest BCUT2D eigenvalue weighted by Crippen LogP contribution is 2.35. The van der Waals surface area contributed by atoms with Crippen molar-refractivity contribution in [2.75, 3.05) is 18.9 Å². The standard InChI is InChI=1S/C27H37FN6O2/c1-17(29-3)26(35)33-25(19-8-5-4-6-9-19)27(36)34-15-7-10-23(34)22-16-24(31-18(2)30-22)32-21-13-11-20(28)12-14-21/h11-14,16-17,19,23,25,29H,4-10,15H2,1-3H3,(H,33,35)(H,30,31,32)/t17?,23-,25?/m0/s1. The SMILES string of the molecule is CNC(C)C(=O)NC(C(=O)N1CCC[C@H]1c1cc(Nc2ccc(F)cc2)nc(C)n1)C1CCCCC1. The number of amides is 2. The van der Waals surface area contributed by atoms with Crippen LogP contribution in [0.5, 0.6) is 0 Å². The van der Waals surface area contributed by atoms with Crippen molar-refractivity contribution < 1.29 is 14.0 Å². The molecule has 2 unspecified atom stereocenters. The first-order chi connectivity index (χ1) is 17.4. The molecule has 2 aromatic rings. The lowest BCUT2D eigenvalue weighted by molar-refractivity contribution is -0.139. The molecule has 0 bridgehead atoms. The van der Waals surface area contributed by atoms with Crippen LogP contribution in [0.15, 0.2) is 30.3 Å². The van der Waals surface area contributed by atoms with Crippen LogP contribution < -0.4 is 16.0 Å². The van der Waals surface area contributed by atoms with E-state index in [0.29, 0.717) is 18.2 Å². The zero-order chi connectivity index (χ0) is 25.7. The van der Waals surface area contributed by atoms with E-state index in [1.807, 2.05) is 17.9 Å². The maximum absolute atomic E-state index is 14.0. The first kappa shape index (κ1) is 26.0. The summed E-state index contributed by atoms with van der Waals surface area (Å²) in [5.41, 5.74) is 1.49. The largest absolute Gasteiger partial charge is 0.343 e. The molecule has 36 heavy (non-hydrogen) atoms. The molecule has 4 rings (SSSR count). The normalized spacial score (nSPS) is 20.1. The van der Waals surface area contributed by atoms with Crippen LogP contribution in [0.2, 0.25) is 0 Å². The third-order valence-corrected chi connectivity index (χ3v) is 7.36. The van der Waals surface area contributed by atoms with Gasteiger partial charge in [0.1, 0.15) is 23.5 Å². The molecule has 194 valence electrons. The number of nitrogens with one attached hydrogen (secondary N) is 3. The molecular formula is C27H37FN6O2. The molecule has 3 N–H and O–H groups in total. The van der Waals surface area contributed by atoms with E-state index < -0.39 is 6.04 Å². The number of rotatable bonds is 8. The van der Waals surface area contributed by atoms with Gasteiger partial charge in [-0.2, -0.15) is 0 Å². The van der Waals surface area contributed by atoms with Crippen LogP contribution in [0.4, 0.5) is 15.9 Å². The molecule has 3 atom stereocenters. The van der Waals surface area contributed by atoms with E-state index in [-0.39, 0.29) is 35.6 Å². The van der Waals surface area contributed by atoms with Gasteiger partial charge in [-0.25, -0.2) is 14.4 Å². The maximum Gasteiger partial charge on any atom is 0.246 e. The zero-order valence-corrected chi connectivity index (χ0v) is 21.4. The summed E-state index contributed by atoms with van der Waals surface area (Å²) in [6, 6.07) is 6.87. The van der Waals surface area contributed by atoms with Crippen molar-refractivity contribution in [3.63, 3.8) is 0 Å². The molecule has 2 heterocycles. The van der Waals surface area contributed by atoms with Crippen molar-refractivity contribution in [1.29, 1.82) is 0 Å². The second-order valence-electron chi connectivity index (χ2n) is 9.94. The third-order valence-electron chi connectivity index (χ3n) is 7.36. The summed E-state index contributed by atoms with van der Waals surface area (Å²) >= 11 is 0. The molecule has 0 radical (unpaired) electrons. The highest BCUT2D eigenvalue weighted by Gasteiger charge is 2.39. The van der Waals surface area contributed by atoms with Gasteiger partial charge in [-0.05, 0) is 76.8 Å². The number of hydrogen-bond acceptors (Lipinski definition) is 6. The number of likely N-dealkylation sites (N-methyl/N-ethyl adjacent to an activating group) is 1. The lowest BCUT2D eigenvalue weighted by atomic mass is 9.83. The Hall–Kier alpha value is -3.07. The third kappa shape index (κ3) is 6.19. The molecule has 2 aliphatic rings. The van der Waals surface area contributed by atoms with E-state index in [1.165, 1.54) is 18.6 Å². The van der Waals surface area contributed by atoms with Gasteiger partial charge in [0.15, 0.2) is 0 Å². The quantitative estimate of drug-likeness (QED) is 0.511.